The monoisotopic (exact) mass is 488 g/mol. The predicted molar refractivity (Wildman–Crippen MR) is 160 cm³/mol. The van der Waals surface area contributed by atoms with Gasteiger partial charge in [0.2, 0.25) is 0 Å². The maximum atomic E-state index is 3.92. The zero-order chi connectivity index (χ0) is 25.8. The van der Waals surface area contributed by atoms with E-state index >= 15 is 0 Å². The molecule has 0 unspecified atom stereocenters. The van der Waals surface area contributed by atoms with E-state index in [1.165, 1.54) is 10.8 Å². The summed E-state index contributed by atoms with van der Waals surface area (Å²) in [6, 6.07) is 13.2. The van der Waals surface area contributed by atoms with Crippen molar-refractivity contribution < 1.29 is 0 Å². The molecule has 0 amide bonds. The molecule has 0 fully saturated rings. The molecule has 0 saturated carbocycles. The number of fused-ring (bicyclic) bond motifs is 1. The largest absolute Gasteiger partial charge is 0.146 e. The van der Waals surface area contributed by atoms with Gasteiger partial charge >= 0.3 is 0 Å². The molecule has 0 nitrogen and oxygen atoms in total. The first-order chi connectivity index (χ1) is 15.8. The molecule has 0 aliphatic rings. The molecular formula is C32H48Si2. The van der Waals surface area contributed by atoms with Gasteiger partial charge in [0.15, 0.2) is 0 Å². The summed E-state index contributed by atoms with van der Waals surface area (Å²) in [5, 5.41) is 2.48. The summed E-state index contributed by atoms with van der Waals surface area (Å²) in [4.78, 5) is 0. The lowest BCUT2D eigenvalue weighted by Crippen LogP contribution is -2.43. The normalized spacial score (nSPS) is 12.6. The van der Waals surface area contributed by atoms with Crippen LogP contribution in [0.4, 0.5) is 0 Å². The van der Waals surface area contributed by atoms with Gasteiger partial charge in [-0.05, 0) is 56.2 Å². The topological polar surface area (TPSA) is 0 Å². The molecule has 2 aromatic rings. The van der Waals surface area contributed by atoms with Crippen molar-refractivity contribution in [3.05, 3.63) is 47.5 Å². The molecule has 34 heavy (non-hydrogen) atoms. The molecule has 0 spiro atoms. The van der Waals surface area contributed by atoms with Gasteiger partial charge in [0.25, 0.3) is 0 Å². The highest BCUT2D eigenvalue weighted by Crippen LogP contribution is 2.42. The molecule has 0 radical (unpaired) electrons. The van der Waals surface area contributed by atoms with Crippen LogP contribution >= 0.6 is 0 Å². The van der Waals surface area contributed by atoms with Gasteiger partial charge in [-0.3, -0.25) is 0 Å². The Balaban J connectivity index is 2.71. The first-order valence-corrected chi connectivity index (χ1v) is 17.9. The summed E-state index contributed by atoms with van der Waals surface area (Å²) in [5.41, 5.74) is 14.0. The fourth-order valence-electron chi connectivity index (χ4n) is 6.75. The molecule has 0 aromatic heterocycles. The van der Waals surface area contributed by atoms with Gasteiger partial charge < -0.3 is 0 Å². The van der Waals surface area contributed by atoms with Crippen LogP contribution in [0.25, 0.3) is 10.8 Å². The molecule has 0 aliphatic heterocycles. The van der Waals surface area contributed by atoms with E-state index in [1.807, 2.05) is 0 Å². The van der Waals surface area contributed by atoms with E-state index in [4.69, 9.17) is 0 Å². The van der Waals surface area contributed by atoms with Crippen LogP contribution in [-0.4, -0.2) is 16.1 Å². The van der Waals surface area contributed by atoms with Crippen molar-refractivity contribution in [3.8, 4) is 22.9 Å². The van der Waals surface area contributed by atoms with Gasteiger partial charge in [-0.25, -0.2) is 0 Å². The summed E-state index contributed by atoms with van der Waals surface area (Å²) in [5.74, 6) is 7.40. The molecule has 184 valence electrons. The third-order valence-corrected chi connectivity index (χ3v) is 21.1. The standard InChI is InChI=1S/C32H48Si2/c1-23(2)33(24(3)4,25(5)6)21-19-29-15-13-18-32-30(16-14-17-31(29)32)20-22-34(26(7)8,27(9)10)28(11)12/h13-18,23-28H,1-12H3. The Bertz CT molecular complexity index is 962. The SMILES string of the molecule is CC(C)[Si](C#Cc1cccc2c(C#C[Si](C(C)C)(C(C)C)C(C)C)cccc12)(C(C)C)C(C)C. The van der Waals surface area contributed by atoms with Gasteiger partial charge in [-0.15, -0.1) is 11.1 Å². The van der Waals surface area contributed by atoms with Gasteiger partial charge in [-0.1, -0.05) is 119 Å². The Labute approximate surface area is 213 Å². The van der Waals surface area contributed by atoms with E-state index in [0.717, 1.165) is 11.1 Å². The second-order valence-corrected chi connectivity index (χ2v) is 23.2. The molecular weight excluding hydrogens is 441 g/mol. The highest BCUT2D eigenvalue weighted by molar-refractivity contribution is 6.91. The van der Waals surface area contributed by atoms with E-state index in [-0.39, 0.29) is 0 Å². The van der Waals surface area contributed by atoms with Crippen molar-refractivity contribution in [2.45, 2.75) is 116 Å². The van der Waals surface area contributed by atoms with E-state index < -0.39 is 16.1 Å². The lowest BCUT2D eigenvalue weighted by atomic mass is 10.0. The number of benzene rings is 2. The zero-order valence-electron chi connectivity index (χ0n) is 23.9. The van der Waals surface area contributed by atoms with Crippen LogP contribution in [0.15, 0.2) is 36.4 Å². The van der Waals surface area contributed by atoms with Crippen LogP contribution in [0.2, 0.25) is 33.2 Å². The second kappa shape index (κ2) is 11.3. The quantitative estimate of drug-likeness (QED) is 0.280. The number of hydrogen-bond donors (Lipinski definition) is 0. The second-order valence-electron chi connectivity index (χ2n) is 12.0. The third kappa shape index (κ3) is 5.25. The molecule has 0 saturated heterocycles. The van der Waals surface area contributed by atoms with Crippen LogP contribution < -0.4 is 0 Å². The molecule has 2 rings (SSSR count). The Hall–Kier alpha value is -1.75. The molecule has 2 aromatic carbocycles. The van der Waals surface area contributed by atoms with Crippen molar-refractivity contribution >= 4 is 26.9 Å². The van der Waals surface area contributed by atoms with Gasteiger partial charge in [0.05, 0.1) is 0 Å². The Morgan fingerprint density at radius 3 is 0.941 bits per heavy atom. The molecule has 0 N–H and O–H groups in total. The first kappa shape index (κ1) is 28.5. The van der Waals surface area contributed by atoms with Crippen LogP contribution in [0.5, 0.6) is 0 Å². The minimum Gasteiger partial charge on any atom is -0.125 e. The Morgan fingerprint density at radius 1 is 0.441 bits per heavy atom. The predicted octanol–water partition coefficient (Wildman–Crippen LogP) is 9.98. The average Bonchev–Trinajstić information content (AvgIpc) is 2.73. The molecule has 2 heteroatoms. The van der Waals surface area contributed by atoms with E-state index in [9.17, 15) is 0 Å². The van der Waals surface area contributed by atoms with Crippen LogP contribution in [0.3, 0.4) is 0 Å². The highest BCUT2D eigenvalue weighted by Gasteiger charge is 2.42. The van der Waals surface area contributed by atoms with Gasteiger partial charge in [0, 0.05) is 11.1 Å². The summed E-state index contributed by atoms with van der Waals surface area (Å²) in [7, 11) is -3.55. The first-order valence-electron chi connectivity index (χ1n) is 13.4. The van der Waals surface area contributed by atoms with Gasteiger partial charge in [-0.2, -0.15) is 0 Å². The maximum Gasteiger partial charge on any atom is 0.146 e. The molecule has 0 heterocycles. The smallest absolute Gasteiger partial charge is 0.125 e. The number of rotatable bonds is 6. The molecule has 0 aliphatic carbocycles. The van der Waals surface area contributed by atoms with Crippen molar-refractivity contribution in [1.29, 1.82) is 0 Å². The summed E-state index contributed by atoms with van der Waals surface area (Å²) in [6.07, 6.45) is 0. The summed E-state index contributed by atoms with van der Waals surface area (Å²) >= 11 is 0. The minimum absolute atomic E-state index is 0.637. The van der Waals surface area contributed by atoms with E-state index in [1.54, 1.807) is 0 Å². The molecule has 0 bridgehead atoms. The summed E-state index contributed by atoms with van der Waals surface area (Å²) < 4.78 is 0. The van der Waals surface area contributed by atoms with Crippen molar-refractivity contribution in [3.63, 3.8) is 0 Å². The summed E-state index contributed by atoms with van der Waals surface area (Å²) in [6.45, 7) is 28.6. The fourth-order valence-corrected chi connectivity index (χ4v) is 17.2. The van der Waals surface area contributed by atoms with Gasteiger partial charge in [0.1, 0.15) is 16.1 Å². The third-order valence-electron chi connectivity index (χ3n) is 8.48. The van der Waals surface area contributed by atoms with Crippen molar-refractivity contribution in [1.82, 2.24) is 0 Å². The average molecular weight is 489 g/mol. The van der Waals surface area contributed by atoms with E-state index in [2.05, 4.69) is 142 Å². The number of hydrogen-bond acceptors (Lipinski definition) is 0. The zero-order valence-corrected chi connectivity index (χ0v) is 25.9. The van der Waals surface area contributed by atoms with Crippen LogP contribution in [-0.2, 0) is 0 Å². The van der Waals surface area contributed by atoms with E-state index in [0.29, 0.717) is 33.2 Å². The maximum absolute atomic E-state index is 3.92. The Kier molecular flexibility index (Phi) is 9.49. The van der Waals surface area contributed by atoms with Crippen LogP contribution in [0.1, 0.15) is 94.2 Å². The van der Waals surface area contributed by atoms with Crippen LogP contribution in [0, 0.1) is 22.9 Å². The fraction of sp³-hybridized carbons (Fsp3) is 0.562. The Morgan fingerprint density at radius 2 is 0.706 bits per heavy atom. The highest BCUT2D eigenvalue weighted by atomic mass is 28.3. The lowest BCUT2D eigenvalue weighted by molar-refractivity contribution is 0.838. The molecule has 0 atom stereocenters. The van der Waals surface area contributed by atoms with Crippen molar-refractivity contribution in [2.75, 3.05) is 0 Å². The minimum atomic E-state index is -1.77. The van der Waals surface area contributed by atoms with Crippen molar-refractivity contribution in [2.24, 2.45) is 0 Å². The lowest BCUT2D eigenvalue weighted by Gasteiger charge is -2.38.